The first-order valence-corrected chi connectivity index (χ1v) is 8.40. The largest absolute Gasteiger partial charge is 0.364 e. The third-order valence-electron chi connectivity index (χ3n) is 4.37. The molecule has 7 nitrogen and oxygen atoms in total. The molecule has 0 aliphatic heterocycles. The first kappa shape index (κ1) is 16.7. The third kappa shape index (κ3) is 2.89. The molecule has 4 aromatic rings. The summed E-state index contributed by atoms with van der Waals surface area (Å²) < 4.78 is 1.42. The van der Waals surface area contributed by atoms with Crippen molar-refractivity contribution < 1.29 is 4.79 Å². The molecule has 0 aliphatic rings. The van der Waals surface area contributed by atoms with Gasteiger partial charge in [-0.2, -0.15) is 0 Å². The fraction of sp³-hybridized carbons (Fsp3) is 0.100. The summed E-state index contributed by atoms with van der Waals surface area (Å²) in [6.45, 7) is 3.94. The van der Waals surface area contributed by atoms with Crippen molar-refractivity contribution in [3.8, 4) is 17.1 Å². The van der Waals surface area contributed by atoms with Crippen molar-refractivity contribution in [2.75, 3.05) is 0 Å². The van der Waals surface area contributed by atoms with Crippen molar-refractivity contribution in [2.24, 2.45) is 5.73 Å². The summed E-state index contributed by atoms with van der Waals surface area (Å²) >= 11 is 0. The van der Waals surface area contributed by atoms with Crippen molar-refractivity contribution in [3.05, 3.63) is 75.8 Å². The molecule has 7 heteroatoms. The number of aromatic amines is 1. The maximum absolute atomic E-state index is 12.6. The molecule has 3 N–H and O–H groups in total. The maximum Gasteiger partial charge on any atom is 0.332 e. The Labute approximate surface area is 154 Å². The van der Waals surface area contributed by atoms with Crippen LogP contribution in [-0.4, -0.2) is 25.4 Å². The standard InChI is InChI=1S/C20H17N5O2/c1-11-3-7-13(8-4-11)18-22-15(17(21)26)16-19(24-18)25(20(27)23-16)14-9-5-12(2)6-10-14/h3-10H,1-2H3,(H2,21,26)(H,23,27). The number of rotatable bonds is 3. The molecule has 1 amide bonds. The van der Waals surface area contributed by atoms with Gasteiger partial charge in [-0.1, -0.05) is 47.5 Å². The molecule has 0 unspecified atom stereocenters. The molecule has 0 spiro atoms. The van der Waals surface area contributed by atoms with Crippen molar-refractivity contribution in [2.45, 2.75) is 13.8 Å². The lowest BCUT2D eigenvalue weighted by Gasteiger charge is -2.07. The Balaban J connectivity index is 2.04. The molecule has 0 saturated carbocycles. The predicted octanol–water partition coefficient (Wildman–Crippen LogP) is 2.49. The minimum absolute atomic E-state index is 0.0152. The van der Waals surface area contributed by atoms with Crippen LogP contribution in [-0.2, 0) is 0 Å². The Morgan fingerprint density at radius 3 is 2.15 bits per heavy atom. The summed E-state index contributed by atoms with van der Waals surface area (Å²) in [7, 11) is 0. The molecule has 0 fully saturated rings. The number of nitrogens with two attached hydrogens (primary N) is 1. The Bertz CT molecular complexity index is 1220. The molecule has 0 atom stereocenters. The number of amides is 1. The third-order valence-corrected chi connectivity index (χ3v) is 4.37. The minimum atomic E-state index is -0.729. The fourth-order valence-electron chi connectivity index (χ4n) is 2.93. The van der Waals surface area contributed by atoms with Gasteiger partial charge < -0.3 is 10.7 Å². The molecule has 0 saturated heterocycles. The number of benzene rings is 2. The zero-order valence-electron chi connectivity index (χ0n) is 14.9. The van der Waals surface area contributed by atoms with Gasteiger partial charge in [0.25, 0.3) is 5.91 Å². The summed E-state index contributed by atoms with van der Waals surface area (Å²) in [5, 5.41) is 0. The van der Waals surface area contributed by atoms with Crippen LogP contribution in [0.3, 0.4) is 0 Å². The molecular formula is C20H17N5O2. The fourth-order valence-corrected chi connectivity index (χ4v) is 2.93. The lowest BCUT2D eigenvalue weighted by Crippen LogP contribution is -2.15. The van der Waals surface area contributed by atoms with Crippen LogP contribution >= 0.6 is 0 Å². The minimum Gasteiger partial charge on any atom is -0.364 e. The van der Waals surface area contributed by atoms with E-state index in [1.807, 2.05) is 62.4 Å². The average Bonchev–Trinajstić information content (AvgIpc) is 2.98. The van der Waals surface area contributed by atoms with E-state index < -0.39 is 11.6 Å². The SMILES string of the molecule is Cc1ccc(-c2nc(C(N)=O)c3[nH]c(=O)n(-c4ccc(C)cc4)c3n2)cc1. The highest BCUT2D eigenvalue weighted by atomic mass is 16.2. The quantitative estimate of drug-likeness (QED) is 0.586. The van der Waals surface area contributed by atoms with E-state index in [-0.39, 0.29) is 11.2 Å². The van der Waals surface area contributed by atoms with Gasteiger partial charge in [0, 0.05) is 5.56 Å². The van der Waals surface area contributed by atoms with E-state index in [1.54, 1.807) is 0 Å². The molecule has 134 valence electrons. The van der Waals surface area contributed by atoms with Crippen LogP contribution < -0.4 is 11.4 Å². The van der Waals surface area contributed by atoms with Crippen LogP contribution in [0.1, 0.15) is 21.6 Å². The maximum atomic E-state index is 12.6. The number of aromatic nitrogens is 4. The Kier molecular flexibility index (Phi) is 3.84. The number of carbonyl (C=O) groups excluding carboxylic acids is 1. The van der Waals surface area contributed by atoms with Crippen molar-refractivity contribution >= 4 is 17.1 Å². The van der Waals surface area contributed by atoms with E-state index in [9.17, 15) is 9.59 Å². The van der Waals surface area contributed by atoms with Crippen LogP contribution in [0.2, 0.25) is 0 Å². The molecule has 4 rings (SSSR count). The normalized spacial score (nSPS) is 11.0. The van der Waals surface area contributed by atoms with Gasteiger partial charge in [0.1, 0.15) is 5.52 Å². The monoisotopic (exact) mass is 359 g/mol. The van der Waals surface area contributed by atoms with Gasteiger partial charge in [0.2, 0.25) is 0 Å². The molecule has 2 aromatic heterocycles. The second kappa shape index (κ2) is 6.21. The number of carbonyl (C=O) groups is 1. The molecular weight excluding hydrogens is 342 g/mol. The van der Waals surface area contributed by atoms with E-state index in [0.717, 1.165) is 16.7 Å². The Morgan fingerprint density at radius 1 is 0.963 bits per heavy atom. The first-order chi connectivity index (χ1) is 12.9. The highest BCUT2D eigenvalue weighted by molar-refractivity contribution is 6.02. The summed E-state index contributed by atoms with van der Waals surface area (Å²) in [6, 6.07) is 15.0. The van der Waals surface area contributed by atoms with E-state index in [2.05, 4.69) is 15.0 Å². The molecule has 2 aromatic carbocycles. The lowest BCUT2D eigenvalue weighted by atomic mass is 10.1. The van der Waals surface area contributed by atoms with Crippen LogP contribution in [0.25, 0.3) is 28.2 Å². The van der Waals surface area contributed by atoms with Gasteiger partial charge in [0.05, 0.1) is 5.69 Å². The first-order valence-electron chi connectivity index (χ1n) is 8.40. The van der Waals surface area contributed by atoms with E-state index in [0.29, 0.717) is 17.2 Å². The number of fused-ring (bicyclic) bond motifs is 1. The van der Waals surface area contributed by atoms with Gasteiger partial charge in [-0.15, -0.1) is 0 Å². The topological polar surface area (TPSA) is 107 Å². The molecule has 0 aliphatic carbocycles. The molecule has 27 heavy (non-hydrogen) atoms. The number of imidazole rings is 1. The van der Waals surface area contributed by atoms with Crippen molar-refractivity contribution in [1.29, 1.82) is 0 Å². The summed E-state index contributed by atoms with van der Waals surface area (Å²) in [5.41, 5.74) is 9.15. The van der Waals surface area contributed by atoms with Gasteiger partial charge in [0.15, 0.2) is 17.2 Å². The zero-order valence-corrected chi connectivity index (χ0v) is 14.9. The van der Waals surface area contributed by atoms with Gasteiger partial charge in [-0.05, 0) is 26.0 Å². The number of primary amides is 1. The number of aryl methyl sites for hydroxylation is 2. The van der Waals surface area contributed by atoms with Crippen LogP contribution in [0.15, 0.2) is 53.3 Å². The number of hydrogen-bond acceptors (Lipinski definition) is 4. The summed E-state index contributed by atoms with van der Waals surface area (Å²) in [6.07, 6.45) is 0. The second-order valence-electron chi connectivity index (χ2n) is 6.43. The van der Waals surface area contributed by atoms with Crippen LogP contribution in [0.5, 0.6) is 0 Å². The van der Waals surface area contributed by atoms with E-state index >= 15 is 0 Å². The van der Waals surface area contributed by atoms with E-state index in [1.165, 1.54) is 4.57 Å². The average molecular weight is 359 g/mol. The number of hydrogen-bond donors (Lipinski definition) is 2. The molecule has 2 heterocycles. The molecule has 0 bridgehead atoms. The predicted molar refractivity (Wildman–Crippen MR) is 103 cm³/mol. The number of nitrogens with one attached hydrogen (secondary N) is 1. The highest BCUT2D eigenvalue weighted by Crippen LogP contribution is 2.22. The van der Waals surface area contributed by atoms with Gasteiger partial charge >= 0.3 is 5.69 Å². The smallest absolute Gasteiger partial charge is 0.332 e. The van der Waals surface area contributed by atoms with Crippen LogP contribution in [0, 0.1) is 13.8 Å². The zero-order chi connectivity index (χ0) is 19.1. The van der Waals surface area contributed by atoms with Crippen molar-refractivity contribution in [1.82, 2.24) is 19.5 Å². The summed E-state index contributed by atoms with van der Waals surface area (Å²) in [4.78, 5) is 36.0. The number of H-pyrrole nitrogens is 1. The Morgan fingerprint density at radius 2 is 1.56 bits per heavy atom. The number of nitrogens with zero attached hydrogens (tertiary/aromatic N) is 3. The van der Waals surface area contributed by atoms with Crippen molar-refractivity contribution in [3.63, 3.8) is 0 Å². The Hall–Kier alpha value is -3.74. The van der Waals surface area contributed by atoms with Gasteiger partial charge in [-0.3, -0.25) is 4.79 Å². The van der Waals surface area contributed by atoms with E-state index in [4.69, 9.17) is 5.73 Å². The second-order valence-corrected chi connectivity index (χ2v) is 6.43. The van der Waals surface area contributed by atoms with Crippen LogP contribution in [0.4, 0.5) is 0 Å². The summed E-state index contributed by atoms with van der Waals surface area (Å²) in [5.74, 6) is -0.399. The van der Waals surface area contributed by atoms with Gasteiger partial charge in [-0.25, -0.2) is 19.3 Å². The lowest BCUT2D eigenvalue weighted by molar-refractivity contribution is 0.0997. The highest BCUT2D eigenvalue weighted by Gasteiger charge is 2.20. The molecule has 0 radical (unpaired) electrons.